The van der Waals surface area contributed by atoms with E-state index in [9.17, 15) is 4.21 Å². The third-order valence-electron chi connectivity index (χ3n) is 2.41. The molecule has 2 aromatic rings. The SMILES string of the molecule is Cc1c([C]=S=O)cccc1Oc1ccccc1. The Bertz CT molecular complexity index is 558. The van der Waals surface area contributed by atoms with Crippen LogP contribution in [-0.2, 0) is 11.3 Å². The molecule has 17 heavy (non-hydrogen) atoms. The first-order valence-electron chi connectivity index (χ1n) is 5.18. The lowest BCUT2D eigenvalue weighted by Crippen LogP contribution is -1.92. The summed E-state index contributed by atoms with van der Waals surface area (Å²) in [5.41, 5.74) is 1.69. The maximum Gasteiger partial charge on any atom is 0.130 e. The quantitative estimate of drug-likeness (QED) is 0.774. The first kappa shape index (κ1) is 11.6. The average Bonchev–Trinajstić information content (AvgIpc) is 2.36. The fraction of sp³-hybridized carbons (Fsp3) is 0.0714. The van der Waals surface area contributed by atoms with Crippen molar-refractivity contribution in [3.63, 3.8) is 0 Å². The van der Waals surface area contributed by atoms with Crippen molar-refractivity contribution in [3.05, 3.63) is 59.7 Å². The molecule has 0 saturated carbocycles. The maximum absolute atomic E-state index is 10.5. The Morgan fingerprint density at radius 1 is 1.06 bits per heavy atom. The molecule has 0 heterocycles. The second-order valence-corrected chi connectivity index (χ2v) is 3.90. The number of benzene rings is 2. The summed E-state index contributed by atoms with van der Waals surface area (Å²) in [7, 11) is 0. The number of para-hydroxylation sites is 1. The number of ether oxygens (including phenoxy) is 1. The molecule has 85 valence electrons. The summed E-state index contributed by atoms with van der Waals surface area (Å²) in [6.45, 7) is 1.91. The molecule has 0 aliphatic carbocycles. The second-order valence-electron chi connectivity index (χ2n) is 3.53. The zero-order valence-corrected chi connectivity index (χ0v) is 10.2. The Kier molecular flexibility index (Phi) is 3.73. The van der Waals surface area contributed by atoms with Crippen LogP contribution in [0.2, 0.25) is 0 Å². The third kappa shape index (κ3) is 2.82. The zero-order chi connectivity index (χ0) is 12.1. The Morgan fingerprint density at radius 3 is 2.53 bits per heavy atom. The van der Waals surface area contributed by atoms with Crippen LogP contribution in [0.25, 0.3) is 0 Å². The lowest BCUT2D eigenvalue weighted by molar-refractivity contribution is 0.479. The highest BCUT2D eigenvalue weighted by Gasteiger charge is 2.04. The molecular weight excluding hydrogens is 232 g/mol. The van der Waals surface area contributed by atoms with Crippen molar-refractivity contribution in [2.75, 3.05) is 0 Å². The minimum Gasteiger partial charge on any atom is -0.457 e. The first-order chi connectivity index (χ1) is 8.31. The molecular formula is C14H11O2S. The van der Waals surface area contributed by atoms with Gasteiger partial charge in [-0.2, -0.15) is 0 Å². The van der Waals surface area contributed by atoms with Crippen molar-refractivity contribution in [2.24, 2.45) is 0 Å². The van der Waals surface area contributed by atoms with Crippen molar-refractivity contribution < 1.29 is 8.95 Å². The molecule has 2 aromatic carbocycles. The van der Waals surface area contributed by atoms with Crippen molar-refractivity contribution in [2.45, 2.75) is 6.92 Å². The van der Waals surface area contributed by atoms with E-state index in [0.29, 0.717) is 11.3 Å². The molecule has 1 radical (unpaired) electrons. The van der Waals surface area contributed by atoms with Crippen LogP contribution in [0.1, 0.15) is 11.1 Å². The normalized spacial score (nSPS) is 9.71. The lowest BCUT2D eigenvalue weighted by atomic mass is 10.1. The Hall–Kier alpha value is -1.87. The molecule has 0 bridgehead atoms. The highest BCUT2D eigenvalue weighted by atomic mass is 32.1. The van der Waals surface area contributed by atoms with E-state index in [-0.39, 0.29) is 0 Å². The first-order valence-corrected chi connectivity index (χ1v) is 5.93. The predicted molar refractivity (Wildman–Crippen MR) is 69.9 cm³/mol. The Morgan fingerprint density at radius 2 is 1.82 bits per heavy atom. The van der Waals surface area contributed by atoms with E-state index in [2.05, 4.69) is 5.37 Å². The van der Waals surface area contributed by atoms with E-state index in [1.54, 1.807) is 0 Å². The molecule has 3 heteroatoms. The Labute approximate surface area is 104 Å². The predicted octanol–water partition coefficient (Wildman–Crippen LogP) is 3.03. The van der Waals surface area contributed by atoms with E-state index < -0.39 is 0 Å². The van der Waals surface area contributed by atoms with Gasteiger partial charge in [-0.3, -0.25) is 0 Å². The van der Waals surface area contributed by atoms with Crippen LogP contribution in [0.3, 0.4) is 0 Å². The summed E-state index contributed by atoms with van der Waals surface area (Å²) in [6.07, 6.45) is 0. The smallest absolute Gasteiger partial charge is 0.130 e. The van der Waals surface area contributed by atoms with Crippen LogP contribution in [-0.4, -0.2) is 9.58 Å². The van der Waals surface area contributed by atoms with Gasteiger partial charge in [0.2, 0.25) is 0 Å². The van der Waals surface area contributed by atoms with Crippen LogP contribution in [0.5, 0.6) is 11.5 Å². The molecule has 0 aliphatic heterocycles. The number of rotatable bonds is 3. The fourth-order valence-corrected chi connectivity index (χ4v) is 1.81. The second kappa shape index (κ2) is 5.46. The van der Waals surface area contributed by atoms with Crippen LogP contribution in [0, 0.1) is 6.92 Å². The molecule has 0 spiro atoms. The van der Waals surface area contributed by atoms with E-state index in [1.165, 1.54) is 0 Å². The Balaban J connectivity index is 2.34. The van der Waals surface area contributed by atoms with Gasteiger partial charge < -0.3 is 4.74 Å². The molecule has 0 atom stereocenters. The summed E-state index contributed by atoms with van der Waals surface area (Å²) in [5.74, 6) is 1.53. The summed E-state index contributed by atoms with van der Waals surface area (Å²) in [4.78, 5) is 0. The van der Waals surface area contributed by atoms with Crippen molar-refractivity contribution in [3.8, 4) is 11.5 Å². The third-order valence-corrected chi connectivity index (χ3v) is 2.71. The van der Waals surface area contributed by atoms with Crippen molar-refractivity contribution >= 4 is 16.6 Å². The molecule has 2 rings (SSSR count). The van der Waals surface area contributed by atoms with Crippen LogP contribution < -0.4 is 4.74 Å². The maximum atomic E-state index is 10.5. The van der Waals surface area contributed by atoms with Crippen LogP contribution >= 0.6 is 0 Å². The molecule has 0 saturated heterocycles. The standard InChI is InChI=1S/C14H11O2S/c1-11-12(10-17-15)6-5-9-14(11)16-13-7-3-2-4-8-13/h2-9H,1H3. The van der Waals surface area contributed by atoms with E-state index in [0.717, 1.165) is 22.6 Å². The molecule has 0 aliphatic rings. The van der Waals surface area contributed by atoms with E-state index in [4.69, 9.17) is 4.74 Å². The lowest BCUT2D eigenvalue weighted by Gasteiger charge is -2.09. The zero-order valence-electron chi connectivity index (χ0n) is 9.34. The largest absolute Gasteiger partial charge is 0.457 e. The molecule has 0 amide bonds. The van der Waals surface area contributed by atoms with Gasteiger partial charge in [0, 0.05) is 11.1 Å². The number of hydrogen-bond acceptors (Lipinski definition) is 2. The van der Waals surface area contributed by atoms with Gasteiger partial charge in [0.1, 0.15) is 11.5 Å². The monoisotopic (exact) mass is 243 g/mol. The molecule has 0 fully saturated rings. The highest BCUT2D eigenvalue weighted by Crippen LogP contribution is 2.26. The summed E-state index contributed by atoms with van der Waals surface area (Å²) < 4.78 is 16.2. The molecule has 0 unspecified atom stereocenters. The molecule has 0 N–H and O–H groups in total. The van der Waals surface area contributed by atoms with Crippen molar-refractivity contribution in [1.29, 1.82) is 0 Å². The summed E-state index contributed by atoms with van der Waals surface area (Å²) >= 11 is 0.328. The van der Waals surface area contributed by atoms with E-state index in [1.807, 2.05) is 55.5 Å². The van der Waals surface area contributed by atoms with Crippen LogP contribution in [0.15, 0.2) is 48.5 Å². The van der Waals surface area contributed by atoms with Gasteiger partial charge in [-0.05, 0) is 25.1 Å². The molecule has 0 aromatic heterocycles. The molecule has 2 nitrogen and oxygen atoms in total. The summed E-state index contributed by atoms with van der Waals surface area (Å²) in [5, 5.41) is 2.68. The van der Waals surface area contributed by atoms with Gasteiger partial charge in [0.05, 0.1) is 16.6 Å². The van der Waals surface area contributed by atoms with Gasteiger partial charge in [-0.1, -0.05) is 30.3 Å². The highest BCUT2D eigenvalue weighted by molar-refractivity contribution is 7.65. The number of hydrogen-bond donors (Lipinski definition) is 0. The van der Waals surface area contributed by atoms with Gasteiger partial charge in [0.15, 0.2) is 0 Å². The van der Waals surface area contributed by atoms with Crippen LogP contribution in [0.4, 0.5) is 0 Å². The van der Waals surface area contributed by atoms with Gasteiger partial charge >= 0.3 is 0 Å². The van der Waals surface area contributed by atoms with Gasteiger partial charge in [0.25, 0.3) is 0 Å². The van der Waals surface area contributed by atoms with Gasteiger partial charge in [-0.15, -0.1) is 0 Å². The topological polar surface area (TPSA) is 26.3 Å². The minimum atomic E-state index is 0.328. The fourth-order valence-electron chi connectivity index (χ4n) is 1.50. The van der Waals surface area contributed by atoms with E-state index >= 15 is 0 Å². The average molecular weight is 243 g/mol. The summed E-state index contributed by atoms with van der Waals surface area (Å²) in [6, 6.07) is 15.1. The van der Waals surface area contributed by atoms with Crippen molar-refractivity contribution in [1.82, 2.24) is 0 Å². The minimum absolute atomic E-state index is 0.328. The van der Waals surface area contributed by atoms with Gasteiger partial charge in [-0.25, -0.2) is 4.21 Å².